The molecule has 1 N–H and O–H groups in total. The molecule has 1 rings (SSSR count). The van der Waals surface area contributed by atoms with Gasteiger partial charge in [-0.1, -0.05) is 0 Å². The fraction of sp³-hybridized carbons (Fsp3) is 0.545. The van der Waals surface area contributed by atoms with Gasteiger partial charge < -0.3 is 14.8 Å². The number of carbonyl (C=O) groups excluding carboxylic acids is 1. The lowest BCUT2D eigenvalue weighted by Crippen LogP contribution is -2.42. The summed E-state index contributed by atoms with van der Waals surface area (Å²) in [7, 11) is 3.25. The number of methoxy groups -OCH3 is 2. The van der Waals surface area contributed by atoms with E-state index in [0.717, 1.165) is 5.70 Å². The summed E-state index contributed by atoms with van der Waals surface area (Å²) in [5, 5.41) is 2.71. The maximum atomic E-state index is 10.9. The van der Waals surface area contributed by atoms with E-state index in [4.69, 9.17) is 9.47 Å². The summed E-state index contributed by atoms with van der Waals surface area (Å²) in [4.78, 5) is 10.9. The summed E-state index contributed by atoms with van der Waals surface area (Å²) >= 11 is 0. The fourth-order valence-corrected chi connectivity index (χ4v) is 1.51. The maximum absolute atomic E-state index is 10.9. The molecule has 2 atom stereocenters. The summed E-state index contributed by atoms with van der Waals surface area (Å²) < 4.78 is 10.7. The summed E-state index contributed by atoms with van der Waals surface area (Å²) in [6, 6.07) is 0. The molecule has 0 heterocycles. The molecule has 4 nitrogen and oxygen atoms in total. The van der Waals surface area contributed by atoms with Gasteiger partial charge in [-0.3, -0.25) is 4.79 Å². The lowest BCUT2D eigenvalue weighted by molar-refractivity contribution is -0.118. The lowest BCUT2D eigenvalue weighted by atomic mass is 9.92. The molecule has 0 radical (unpaired) electrons. The molecule has 0 fully saturated rings. The first-order chi connectivity index (χ1) is 7.01. The van der Waals surface area contributed by atoms with E-state index in [2.05, 4.69) is 5.32 Å². The summed E-state index contributed by atoms with van der Waals surface area (Å²) in [6.45, 7) is 3.40. The first kappa shape index (κ1) is 11.9. The molecule has 0 aromatic rings. The number of amides is 1. The molecule has 0 aromatic carbocycles. The molecule has 0 bridgehead atoms. The molecular formula is C11H17NO3. The van der Waals surface area contributed by atoms with Crippen LogP contribution in [0.15, 0.2) is 23.9 Å². The number of hydrogen-bond donors (Lipinski definition) is 1. The predicted octanol–water partition coefficient (Wildman–Crippen LogP) is 0.996. The van der Waals surface area contributed by atoms with E-state index < -0.39 is 5.60 Å². The zero-order chi connectivity index (χ0) is 11.5. The van der Waals surface area contributed by atoms with E-state index in [1.54, 1.807) is 14.2 Å². The average molecular weight is 211 g/mol. The van der Waals surface area contributed by atoms with E-state index in [1.807, 2.05) is 25.2 Å². The Balaban J connectivity index is 2.83. The van der Waals surface area contributed by atoms with E-state index >= 15 is 0 Å². The Labute approximate surface area is 89.9 Å². The molecule has 0 aromatic heterocycles. The zero-order valence-electron chi connectivity index (χ0n) is 9.53. The zero-order valence-corrected chi connectivity index (χ0v) is 9.53. The van der Waals surface area contributed by atoms with Crippen LogP contribution >= 0.6 is 0 Å². The van der Waals surface area contributed by atoms with Crippen LogP contribution in [0.3, 0.4) is 0 Å². The third-order valence-corrected chi connectivity index (χ3v) is 2.50. The van der Waals surface area contributed by atoms with Crippen molar-refractivity contribution in [1.82, 2.24) is 5.32 Å². The molecular weight excluding hydrogens is 194 g/mol. The quantitative estimate of drug-likeness (QED) is 0.757. The monoisotopic (exact) mass is 211 g/mol. The fourth-order valence-electron chi connectivity index (χ4n) is 1.51. The second kappa shape index (κ2) is 4.59. The molecule has 0 saturated carbocycles. The second-order valence-electron chi connectivity index (χ2n) is 3.68. The molecule has 1 amide bonds. The number of carbonyl (C=O) groups is 1. The van der Waals surface area contributed by atoms with Crippen molar-refractivity contribution in [3.05, 3.63) is 23.9 Å². The first-order valence-electron chi connectivity index (χ1n) is 4.78. The van der Waals surface area contributed by atoms with Gasteiger partial charge in [-0.25, -0.2) is 0 Å². The second-order valence-corrected chi connectivity index (χ2v) is 3.68. The van der Waals surface area contributed by atoms with Gasteiger partial charge in [-0.05, 0) is 25.2 Å². The molecule has 0 spiro atoms. The molecule has 4 heteroatoms. The van der Waals surface area contributed by atoms with Crippen LogP contribution in [0.25, 0.3) is 0 Å². The molecule has 0 aliphatic heterocycles. The molecule has 15 heavy (non-hydrogen) atoms. The highest BCUT2D eigenvalue weighted by molar-refractivity contribution is 5.75. The molecule has 1 aliphatic rings. The highest BCUT2D eigenvalue weighted by atomic mass is 16.5. The third-order valence-electron chi connectivity index (χ3n) is 2.50. The van der Waals surface area contributed by atoms with Crippen LogP contribution < -0.4 is 5.32 Å². The normalized spacial score (nSPS) is 29.9. The van der Waals surface area contributed by atoms with Crippen molar-refractivity contribution in [2.45, 2.75) is 25.6 Å². The lowest BCUT2D eigenvalue weighted by Gasteiger charge is -2.33. The number of ether oxygens (including phenoxy) is 2. The highest BCUT2D eigenvalue weighted by Gasteiger charge is 2.33. The third kappa shape index (κ3) is 2.67. The van der Waals surface area contributed by atoms with Gasteiger partial charge >= 0.3 is 0 Å². The van der Waals surface area contributed by atoms with Gasteiger partial charge in [0, 0.05) is 26.8 Å². The Hall–Kier alpha value is -1.13. The van der Waals surface area contributed by atoms with Gasteiger partial charge in [0.25, 0.3) is 0 Å². The van der Waals surface area contributed by atoms with E-state index in [-0.39, 0.29) is 12.0 Å². The van der Waals surface area contributed by atoms with Gasteiger partial charge in [-0.15, -0.1) is 0 Å². The van der Waals surface area contributed by atoms with Gasteiger partial charge in [0.2, 0.25) is 5.91 Å². The number of allylic oxidation sites excluding steroid dienone is 1. The van der Waals surface area contributed by atoms with Crippen LogP contribution in [0, 0.1) is 0 Å². The van der Waals surface area contributed by atoms with Gasteiger partial charge in [-0.2, -0.15) is 0 Å². The van der Waals surface area contributed by atoms with Crippen LogP contribution in [0.2, 0.25) is 0 Å². The van der Waals surface area contributed by atoms with Crippen LogP contribution in [0.5, 0.6) is 0 Å². The molecule has 0 saturated heterocycles. The van der Waals surface area contributed by atoms with Crippen molar-refractivity contribution in [2.75, 3.05) is 14.2 Å². The van der Waals surface area contributed by atoms with Crippen molar-refractivity contribution >= 4 is 5.91 Å². The molecule has 1 aliphatic carbocycles. The summed E-state index contributed by atoms with van der Waals surface area (Å²) in [5.74, 6) is -0.0956. The Bertz CT molecular complexity index is 309. The number of hydrogen-bond acceptors (Lipinski definition) is 3. The highest BCUT2D eigenvalue weighted by Crippen LogP contribution is 2.25. The Morgan fingerprint density at radius 1 is 1.53 bits per heavy atom. The maximum Gasteiger partial charge on any atom is 0.221 e. The van der Waals surface area contributed by atoms with Crippen LogP contribution in [-0.4, -0.2) is 31.8 Å². The minimum atomic E-state index is -0.475. The Morgan fingerprint density at radius 2 is 2.20 bits per heavy atom. The smallest absolute Gasteiger partial charge is 0.221 e. The first-order valence-corrected chi connectivity index (χ1v) is 4.78. The molecule has 84 valence electrons. The van der Waals surface area contributed by atoms with Crippen molar-refractivity contribution in [3.63, 3.8) is 0 Å². The van der Waals surface area contributed by atoms with Crippen molar-refractivity contribution in [2.24, 2.45) is 0 Å². The van der Waals surface area contributed by atoms with E-state index in [0.29, 0.717) is 0 Å². The summed E-state index contributed by atoms with van der Waals surface area (Å²) in [6.07, 6.45) is 5.34. The predicted molar refractivity (Wildman–Crippen MR) is 57.3 cm³/mol. The van der Waals surface area contributed by atoms with Gasteiger partial charge in [0.05, 0.1) is 0 Å². The molecule has 0 unspecified atom stereocenters. The topological polar surface area (TPSA) is 47.6 Å². The SMILES string of the molecule is CO[C@H]1C=C(NC(C)=O)C=C[C@]1(C)OC. The Kier molecular flexibility index (Phi) is 3.66. The largest absolute Gasteiger partial charge is 0.374 e. The minimum Gasteiger partial charge on any atom is -0.374 e. The standard InChI is InChI=1S/C11H17NO3/c1-8(13)12-9-5-6-11(2,15-4)10(7-9)14-3/h5-7,10H,1-4H3,(H,12,13)/t10-,11-/m0/s1. The van der Waals surface area contributed by atoms with Crippen molar-refractivity contribution < 1.29 is 14.3 Å². The number of nitrogens with one attached hydrogen (secondary N) is 1. The van der Waals surface area contributed by atoms with Crippen LogP contribution in [-0.2, 0) is 14.3 Å². The van der Waals surface area contributed by atoms with Crippen LogP contribution in [0.1, 0.15) is 13.8 Å². The van der Waals surface area contributed by atoms with Gasteiger partial charge in [0.15, 0.2) is 0 Å². The van der Waals surface area contributed by atoms with E-state index in [9.17, 15) is 4.79 Å². The van der Waals surface area contributed by atoms with Crippen molar-refractivity contribution in [3.8, 4) is 0 Å². The van der Waals surface area contributed by atoms with Crippen LogP contribution in [0.4, 0.5) is 0 Å². The average Bonchev–Trinajstić information content (AvgIpc) is 2.20. The summed E-state index contributed by atoms with van der Waals surface area (Å²) in [5.41, 5.74) is 0.264. The number of rotatable bonds is 3. The Morgan fingerprint density at radius 3 is 2.67 bits per heavy atom. The minimum absolute atomic E-state index is 0.0956. The van der Waals surface area contributed by atoms with Crippen molar-refractivity contribution in [1.29, 1.82) is 0 Å². The van der Waals surface area contributed by atoms with E-state index in [1.165, 1.54) is 6.92 Å². The van der Waals surface area contributed by atoms with Gasteiger partial charge in [0.1, 0.15) is 11.7 Å².